The minimum atomic E-state index is -0.504. The summed E-state index contributed by atoms with van der Waals surface area (Å²) in [6, 6.07) is 4.85. The van der Waals surface area contributed by atoms with Gasteiger partial charge in [-0.1, -0.05) is 6.58 Å². The fourth-order valence-corrected chi connectivity index (χ4v) is 1.83. The van der Waals surface area contributed by atoms with Gasteiger partial charge in [0.05, 0.1) is 0 Å². The highest BCUT2D eigenvalue weighted by atomic mass is 16.7. The van der Waals surface area contributed by atoms with Crippen molar-refractivity contribution in [2.45, 2.75) is 47.2 Å². The van der Waals surface area contributed by atoms with Crippen molar-refractivity contribution in [1.82, 2.24) is 0 Å². The minimum Gasteiger partial charge on any atom is -0.461 e. The average molecular weight is 338 g/mol. The number of ether oxygens (including phenoxy) is 5. The molecule has 6 nitrogen and oxygen atoms in total. The summed E-state index contributed by atoms with van der Waals surface area (Å²) in [4.78, 5) is 11.7. The van der Waals surface area contributed by atoms with Crippen molar-refractivity contribution < 1.29 is 28.5 Å². The van der Waals surface area contributed by atoms with Crippen molar-refractivity contribution >= 4 is 5.97 Å². The normalized spacial score (nSPS) is 13.0. The van der Waals surface area contributed by atoms with Crippen LogP contribution in [0.15, 0.2) is 30.4 Å². The molecule has 0 fully saturated rings. The molecule has 134 valence electrons. The van der Waals surface area contributed by atoms with Crippen LogP contribution in [0.5, 0.6) is 17.2 Å². The fourth-order valence-electron chi connectivity index (χ4n) is 1.83. The first-order valence-electron chi connectivity index (χ1n) is 7.95. The molecule has 2 atom stereocenters. The Labute approximate surface area is 143 Å². The third-order valence-electron chi connectivity index (χ3n) is 2.86. The van der Waals surface area contributed by atoms with E-state index in [1.54, 1.807) is 39.0 Å². The molecular weight excluding hydrogens is 312 g/mol. The number of esters is 1. The number of carbonyl (C=O) groups is 1. The molecule has 6 heteroatoms. The van der Waals surface area contributed by atoms with Crippen LogP contribution < -0.4 is 14.2 Å². The Kier molecular flexibility index (Phi) is 8.29. The van der Waals surface area contributed by atoms with Gasteiger partial charge in [0.25, 0.3) is 0 Å². The Bertz CT molecular complexity index is 554. The van der Waals surface area contributed by atoms with Crippen molar-refractivity contribution in [2.75, 3.05) is 13.2 Å². The van der Waals surface area contributed by atoms with Crippen LogP contribution in [-0.2, 0) is 14.3 Å². The van der Waals surface area contributed by atoms with E-state index in [1.807, 2.05) is 13.8 Å². The summed E-state index contributed by atoms with van der Waals surface area (Å²) < 4.78 is 27.4. The molecule has 0 aliphatic rings. The third-order valence-corrected chi connectivity index (χ3v) is 2.86. The van der Waals surface area contributed by atoms with Crippen LogP contribution in [0.25, 0.3) is 0 Å². The van der Waals surface area contributed by atoms with E-state index in [4.69, 9.17) is 23.7 Å². The van der Waals surface area contributed by atoms with E-state index in [1.165, 1.54) is 0 Å². The smallest absolute Gasteiger partial charge is 0.338 e. The molecule has 2 unspecified atom stereocenters. The maximum atomic E-state index is 11.7. The lowest BCUT2D eigenvalue weighted by Gasteiger charge is -2.20. The van der Waals surface area contributed by atoms with E-state index in [0.717, 1.165) is 0 Å². The topological polar surface area (TPSA) is 63.2 Å². The van der Waals surface area contributed by atoms with E-state index in [-0.39, 0.29) is 0 Å². The van der Waals surface area contributed by atoms with Gasteiger partial charge in [0.2, 0.25) is 0 Å². The molecule has 0 saturated heterocycles. The molecule has 0 aliphatic carbocycles. The number of benzene rings is 1. The number of hydrogen-bond acceptors (Lipinski definition) is 6. The summed E-state index contributed by atoms with van der Waals surface area (Å²) in [5.41, 5.74) is 0.311. The minimum absolute atomic E-state index is 0.311. The van der Waals surface area contributed by atoms with Crippen molar-refractivity contribution in [3.63, 3.8) is 0 Å². The zero-order chi connectivity index (χ0) is 18.1. The van der Waals surface area contributed by atoms with Gasteiger partial charge in [0.15, 0.2) is 24.1 Å². The molecule has 0 N–H and O–H groups in total. The number of hydrogen-bond donors (Lipinski definition) is 0. The molecule has 0 heterocycles. The van der Waals surface area contributed by atoms with Crippen LogP contribution in [0.2, 0.25) is 0 Å². The van der Waals surface area contributed by atoms with Gasteiger partial charge < -0.3 is 23.7 Å². The SMILES string of the molecule is C=C(C)C(=O)Oc1ccc(OC(C)OCC)c(OC(C)OCC)c1. The largest absolute Gasteiger partial charge is 0.461 e. The molecule has 0 radical (unpaired) electrons. The summed E-state index contributed by atoms with van der Waals surface area (Å²) in [5.74, 6) is 0.695. The van der Waals surface area contributed by atoms with Gasteiger partial charge in [-0.3, -0.25) is 0 Å². The molecule has 0 bridgehead atoms. The van der Waals surface area contributed by atoms with Crippen molar-refractivity contribution in [3.8, 4) is 17.2 Å². The van der Waals surface area contributed by atoms with Crippen molar-refractivity contribution in [3.05, 3.63) is 30.4 Å². The fraction of sp³-hybridized carbons (Fsp3) is 0.500. The predicted octanol–water partition coefficient (Wildman–Crippen LogP) is 3.69. The first kappa shape index (κ1) is 20.0. The lowest BCUT2D eigenvalue weighted by atomic mass is 10.3. The monoisotopic (exact) mass is 338 g/mol. The molecule has 0 aromatic heterocycles. The molecule has 0 spiro atoms. The highest BCUT2D eigenvalue weighted by molar-refractivity contribution is 5.88. The molecule has 0 saturated carbocycles. The van der Waals surface area contributed by atoms with Gasteiger partial charge in [-0.15, -0.1) is 0 Å². The Hall–Kier alpha value is -2.05. The lowest BCUT2D eigenvalue weighted by Crippen LogP contribution is -2.19. The number of rotatable bonds is 10. The summed E-state index contributed by atoms with van der Waals surface area (Å²) >= 11 is 0. The second-order valence-corrected chi connectivity index (χ2v) is 5.06. The lowest BCUT2D eigenvalue weighted by molar-refractivity contribution is -0.130. The highest BCUT2D eigenvalue weighted by Crippen LogP contribution is 2.33. The van der Waals surface area contributed by atoms with Gasteiger partial charge in [0, 0.05) is 24.9 Å². The molecule has 0 amide bonds. The quantitative estimate of drug-likeness (QED) is 0.281. The Morgan fingerprint density at radius 2 is 1.58 bits per heavy atom. The summed E-state index contributed by atoms with van der Waals surface area (Å²) in [6.45, 7) is 13.5. The van der Waals surface area contributed by atoms with E-state index in [0.29, 0.717) is 36.0 Å². The van der Waals surface area contributed by atoms with Crippen molar-refractivity contribution in [1.29, 1.82) is 0 Å². The zero-order valence-corrected chi connectivity index (χ0v) is 15.0. The predicted molar refractivity (Wildman–Crippen MR) is 90.3 cm³/mol. The molecule has 1 aromatic rings. The van der Waals surface area contributed by atoms with Crippen LogP contribution in [0.1, 0.15) is 34.6 Å². The van der Waals surface area contributed by atoms with Crippen LogP contribution in [0.3, 0.4) is 0 Å². The van der Waals surface area contributed by atoms with Crippen LogP contribution in [0, 0.1) is 0 Å². The van der Waals surface area contributed by atoms with Gasteiger partial charge >= 0.3 is 5.97 Å². The van der Waals surface area contributed by atoms with Crippen LogP contribution in [0.4, 0.5) is 0 Å². The molecular formula is C18H26O6. The van der Waals surface area contributed by atoms with Crippen LogP contribution in [-0.4, -0.2) is 31.8 Å². The van der Waals surface area contributed by atoms with E-state index < -0.39 is 18.5 Å². The third kappa shape index (κ3) is 6.60. The van der Waals surface area contributed by atoms with Gasteiger partial charge in [-0.25, -0.2) is 4.79 Å². The molecule has 1 rings (SSSR count). The number of carbonyl (C=O) groups excluding carboxylic acids is 1. The van der Waals surface area contributed by atoms with Gasteiger partial charge in [-0.05, 0) is 46.8 Å². The first-order valence-corrected chi connectivity index (χ1v) is 7.95. The summed E-state index contributed by atoms with van der Waals surface area (Å²) in [7, 11) is 0. The Balaban J connectivity index is 2.99. The van der Waals surface area contributed by atoms with Gasteiger partial charge in [0.1, 0.15) is 5.75 Å². The maximum Gasteiger partial charge on any atom is 0.338 e. The second kappa shape index (κ2) is 9.95. The maximum absolute atomic E-state index is 11.7. The van der Waals surface area contributed by atoms with E-state index >= 15 is 0 Å². The molecule has 0 aliphatic heterocycles. The first-order chi connectivity index (χ1) is 11.4. The second-order valence-electron chi connectivity index (χ2n) is 5.06. The van der Waals surface area contributed by atoms with Crippen LogP contribution >= 0.6 is 0 Å². The molecule has 1 aromatic carbocycles. The van der Waals surface area contributed by atoms with E-state index in [9.17, 15) is 4.79 Å². The average Bonchev–Trinajstić information content (AvgIpc) is 2.50. The molecule has 24 heavy (non-hydrogen) atoms. The Morgan fingerprint density at radius 1 is 1.04 bits per heavy atom. The standard InChI is InChI=1S/C18H26O6/c1-7-20-13(5)22-16-10-9-15(24-18(19)12(3)4)11-17(16)23-14(6)21-8-2/h9-11,13-14H,3,7-8H2,1-2,4-6H3. The van der Waals surface area contributed by atoms with Gasteiger partial charge in [-0.2, -0.15) is 0 Å². The Morgan fingerprint density at radius 3 is 2.08 bits per heavy atom. The van der Waals surface area contributed by atoms with Crippen molar-refractivity contribution in [2.24, 2.45) is 0 Å². The zero-order valence-electron chi connectivity index (χ0n) is 15.0. The summed E-state index contributed by atoms with van der Waals surface area (Å²) in [5, 5.41) is 0. The highest BCUT2D eigenvalue weighted by Gasteiger charge is 2.15. The van der Waals surface area contributed by atoms with E-state index in [2.05, 4.69) is 6.58 Å². The summed E-state index contributed by atoms with van der Waals surface area (Å²) in [6.07, 6.45) is -0.921.